The second kappa shape index (κ2) is 6.35. The Kier molecular flexibility index (Phi) is 4.79. The summed E-state index contributed by atoms with van der Waals surface area (Å²) in [6, 6.07) is 8.40. The van der Waals surface area contributed by atoms with E-state index in [4.69, 9.17) is 0 Å². The lowest BCUT2D eigenvalue weighted by Crippen LogP contribution is -2.28. The molecule has 1 saturated heterocycles. The number of nitrogens with zero attached hydrogens (tertiary/aromatic N) is 1. The molecule has 1 aromatic rings. The zero-order valence-corrected chi connectivity index (χ0v) is 11.6. The molecule has 1 aliphatic rings. The molecular weight excluding hydrogens is 222 g/mol. The van der Waals surface area contributed by atoms with Gasteiger partial charge in [0.1, 0.15) is 0 Å². The molecule has 2 heteroatoms. The highest BCUT2D eigenvalue weighted by molar-refractivity contribution is 5.24. The Morgan fingerprint density at radius 3 is 2.33 bits per heavy atom. The van der Waals surface area contributed by atoms with Crippen LogP contribution in [0.2, 0.25) is 0 Å². The predicted octanol–water partition coefficient (Wildman–Crippen LogP) is 3.01. The summed E-state index contributed by atoms with van der Waals surface area (Å²) in [4.78, 5) is 2.47. The average molecular weight is 247 g/mol. The van der Waals surface area contributed by atoms with E-state index in [-0.39, 0.29) is 6.10 Å². The molecule has 18 heavy (non-hydrogen) atoms. The molecular formula is C16H25NO. The minimum atomic E-state index is -0.337. The van der Waals surface area contributed by atoms with E-state index in [1.54, 1.807) is 0 Å². The van der Waals surface area contributed by atoms with Gasteiger partial charge in [-0.1, -0.05) is 38.1 Å². The van der Waals surface area contributed by atoms with Crippen molar-refractivity contribution >= 4 is 0 Å². The van der Waals surface area contributed by atoms with Crippen molar-refractivity contribution in [2.24, 2.45) is 5.92 Å². The third-order valence-electron chi connectivity index (χ3n) is 4.01. The molecule has 0 saturated carbocycles. The zero-order valence-electron chi connectivity index (χ0n) is 11.6. The van der Waals surface area contributed by atoms with Crippen LogP contribution in [0.3, 0.4) is 0 Å². The molecule has 0 unspecified atom stereocenters. The first-order chi connectivity index (χ1) is 8.70. The lowest BCUT2D eigenvalue weighted by molar-refractivity contribution is 0.0945. The van der Waals surface area contributed by atoms with E-state index in [1.165, 1.54) is 31.5 Å². The zero-order chi connectivity index (χ0) is 13.0. The van der Waals surface area contributed by atoms with Crippen LogP contribution >= 0.6 is 0 Å². The molecule has 1 N–H and O–H groups in total. The molecule has 0 bridgehead atoms. The van der Waals surface area contributed by atoms with Crippen LogP contribution < -0.4 is 0 Å². The Hall–Kier alpha value is -0.860. The minimum absolute atomic E-state index is 0.301. The van der Waals surface area contributed by atoms with Crippen molar-refractivity contribution in [3.8, 4) is 0 Å². The fraction of sp³-hybridized carbons (Fsp3) is 0.625. The van der Waals surface area contributed by atoms with Crippen LogP contribution in [0, 0.1) is 5.92 Å². The average Bonchev–Trinajstić information content (AvgIpc) is 2.91. The predicted molar refractivity (Wildman–Crippen MR) is 75.6 cm³/mol. The van der Waals surface area contributed by atoms with E-state index in [9.17, 15) is 5.11 Å². The number of hydrogen-bond donors (Lipinski definition) is 1. The van der Waals surface area contributed by atoms with Crippen molar-refractivity contribution in [3.05, 3.63) is 35.4 Å². The maximum absolute atomic E-state index is 10.4. The highest BCUT2D eigenvalue weighted by Gasteiger charge is 2.21. The third-order valence-corrected chi connectivity index (χ3v) is 4.01. The summed E-state index contributed by atoms with van der Waals surface area (Å²) in [6.45, 7) is 7.71. The Labute approximate surface area is 111 Å². The molecule has 0 spiro atoms. The molecule has 1 fully saturated rings. The van der Waals surface area contributed by atoms with Crippen LogP contribution in [0.15, 0.2) is 24.3 Å². The van der Waals surface area contributed by atoms with Gasteiger partial charge in [-0.15, -0.1) is 0 Å². The van der Waals surface area contributed by atoms with Gasteiger partial charge in [-0.3, -0.25) is 0 Å². The number of hydrogen-bond acceptors (Lipinski definition) is 2. The molecule has 100 valence electrons. The van der Waals surface area contributed by atoms with Gasteiger partial charge in [-0.25, -0.2) is 0 Å². The van der Waals surface area contributed by atoms with Crippen molar-refractivity contribution in [3.63, 3.8) is 0 Å². The van der Waals surface area contributed by atoms with Crippen LogP contribution in [0.5, 0.6) is 0 Å². The number of aliphatic hydroxyl groups excluding tert-OH is 1. The van der Waals surface area contributed by atoms with Crippen LogP contribution in [0.1, 0.15) is 43.9 Å². The molecule has 2 atom stereocenters. The second-order valence-corrected chi connectivity index (χ2v) is 5.52. The summed E-state index contributed by atoms with van der Waals surface area (Å²) in [7, 11) is 0. The summed E-state index contributed by atoms with van der Waals surface area (Å²) >= 11 is 0. The van der Waals surface area contributed by atoms with E-state index in [0.29, 0.717) is 5.92 Å². The van der Waals surface area contributed by atoms with Crippen molar-refractivity contribution in [2.75, 3.05) is 19.6 Å². The number of benzene rings is 1. The van der Waals surface area contributed by atoms with E-state index >= 15 is 0 Å². The first-order valence-electron chi connectivity index (χ1n) is 7.20. The van der Waals surface area contributed by atoms with Crippen molar-refractivity contribution in [1.29, 1.82) is 0 Å². The molecule has 1 heterocycles. The molecule has 0 radical (unpaired) electrons. The van der Waals surface area contributed by atoms with Crippen molar-refractivity contribution < 1.29 is 5.11 Å². The Morgan fingerprint density at radius 2 is 1.78 bits per heavy atom. The van der Waals surface area contributed by atoms with E-state index in [0.717, 1.165) is 18.5 Å². The lowest BCUT2D eigenvalue weighted by Gasteiger charge is -2.24. The second-order valence-electron chi connectivity index (χ2n) is 5.52. The van der Waals surface area contributed by atoms with Gasteiger partial charge in [0.05, 0.1) is 6.10 Å². The fourth-order valence-corrected chi connectivity index (χ4v) is 2.75. The molecule has 1 aliphatic heterocycles. The maximum atomic E-state index is 10.4. The molecule has 0 amide bonds. The van der Waals surface area contributed by atoms with Gasteiger partial charge in [0, 0.05) is 6.54 Å². The van der Waals surface area contributed by atoms with E-state index < -0.39 is 0 Å². The summed E-state index contributed by atoms with van der Waals surface area (Å²) in [5, 5.41) is 10.4. The maximum Gasteiger partial charge on any atom is 0.0827 e. The standard InChI is InChI=1S/C16H25NO/c1-3-14-6-8-15(9-7-14)16(18)13(2)12-17-10-4-5-11-17/h6-9,13,16,18H,3-5,10-12H2,1-2H3/t13-,16+/m1/s1. The summed E-state index contributed by atoms with van der Waals surface area (Å²) < 4.78 is 0. The highest BCUT2D eigenvalue weighted by Crippen LogP contribution is 2.24. The Balaban J connectivity index is 1.93. The van der Waals surface area contributed by atoms with Crippen LogP contribution in [-0.4, -0.2) is 29.6 Å². The SMILES string of the molecule is CCc1ccc([C@@H](O)[C@H](C)CN2CCCC2)cc1. The molecule has 1 aromatic carbocycles. The first kappa shape index (κ1) is 13.6. The van der Waals surface area contributed by atoms with Gasteiger partial charge < -0.3 is 10.0 Å². The lowest BCUT2D eigenvalue weighted by atomic mass is 9.96. The van der Waals surface area contributed by atoms with Gasteiger partial charge in [0.25, 0.3) is 0 Å². The van der Waals surface area contributed by atoms with Gasteiger partial charge in [-0.2, -0.15) is 0 Å². The highest BCUT2D eigenvalue weighted by atomic mass is 16.3. The van der Waals surface area contributed by atoms with E-state index in [2.05, 4.69) is 43.0 Å². The van der Waals surface area contributed by atoms with Gasteiger partial charge in [0.2, 0.25) is 0 Å². The number of rotatable bonds is 5. The Bertz CT molecular complexity index is 354. The van der Waals surface area contributed by atoms with Crippen LogP contribution in [0.25, 0.3) is 0 Å². The number of aryl methyl sites for hydroxylation is 1. The van der Waals surface area contributed by atoms with Crippen molar-refractivity contribution in [2.45, 2.75) is 39.2 Å². The molecule has 2 nitrogen and oxygen atoms in total. The molecule has 0 aliphatic carbocycles. The normalized spacial score (nSPS) is 19.9. The topological polar surface area (TPSA) is 23.5 Å². The number of likely N-dealkylation sites (tertiary alicyclic amines) is 1. The monoisotopic (exact) mass is 247 g/mol. The number of aliphatic hydroxyl groups is 1. The van der Waals surface area contributed by atoms with Gasteiger partial charge in [-0.05, 0) is 49.4 Å². The van der Waals surface area contributed by atoms with Crippen LogP contribution in [0.4, 0.5) is 0 Å². The quantitative estimate of drug-likeness (QED) is 0.864. The van der Waals surface area contributed by atoms with Gasteiger partial charge >= 0.3 is 0 Å². The minimum Gasteiger partial charge on any atom is -0.388 e. The largest absolute Gasteiger partial charge is 0.388 e. The van der Waals surface area contributed by atoms with Crippen molar-refractivity contribution in [1.82, 2.24) is 4.90 Å². The summed E-state index contributed by atoms with van der Waals surface area (Å²) in [5.41, 5.74) is 2.39. The first-order valence-corrected chi connectivity index (χ1v) is 7.20. The molecule has 2 rings (SSSR count). The van der Waals surface area contributed by atoms with Gasteiger partial charge in [0.15, 0.2) is 0 Å². The Morgan fingerprint density at radius 1 is 1.17 bits per heavy atom. The summed E-state index contributed by atoms with van der Waals surface area (Å²) in [5.74, 6) is 0.301. The third kappa shape index (κ3) is 3.33. The smallest absolute Gasteiger partial charge is 0.0827 e. The van der Waals surface area contributed by atoms with Crippen LogP contribution in [-0.2, 0) is 6.42 Å². The fourth-order valence-electron chi connectivity index (χ4n) is 2.75. The molecule has 0 aromatic heterocycles. The summed E-state index contributed by atoms with van der Waals surface area (Å²) in [6.07, 6.45) is 3.35. The van der Waals surface area contributed by atoms with E-state index in [1.807, 2.05) is 0 Å².